The van der Waals surface area contributed by atoms with Crippen LogP contribution in [0.1, 0.15) is 40.2 Å². The van der Waals surface area contributed by atoms with Gasteiger partial charge in [-0.2, -0.15) is 0 Å². The lowest BCUT2D eigenvalue weighted by Crippen LogP contribution is -2.62. The van der Waals surface area contributed by atoms with Crippen molar-refractivity contribution in [2.24, 2.45) is 0 Å². The van der Waals surface area contributed by atoms with Crippen molar-refractivity contribution in [1.29, 1.82) is 0 Å². The van der Waals surface area contributed by atoms with Crippen LogP contribution < -0.4 is 5.32 Å². The number of aliphatic hydroxyl groups is 1. The highest BCUT2D eigenvalue weighted by Crippen LogP contribution is 2.39. The Morgan fingerprint density at radius 1 is 1.10 bits per heavy atom. The molecule has 2 N–H and O–H groups in total. The van der Waals surface area contributed by atoms with Crippen LogP contribution >= 0.6 is 11.3 Å². The van der Waals surface area contributed by atoms with Gasteiger partial charge in [0.05, 0.1) is 17.7 Å². The number of hydrogen-bond acceptors (Lipinski definition) is 4. The van der Waals surface area contributed by atoms with Crippen molar-refractivity contribution in [3.63, 3.8) is 0 Å². The number of rotatable bonds is 5. The van der Waals surface area contributed by atoms with Gasteiger partial charge in [-0.1, -0.05) is 54.6 Å². The number of nitrogens with one attached hydrogen (secondary N) is 1. The maximum atomic E-state index is 12.9. The molecule has 2 aromatic carbocycles. The molecule has 4 rings (SSSR count). The van der Waals surface area contributed by atoms with Crippen molar-refractivity contribution in [2.45, 2.75) is 37.6 Å². The normalized spacial score (nSPS) is 24.9. The van der Waals surface area contributed by atoms with Crippen molar-refractivity contribution in [1.82, 2.24) is 10.2 Å². The zero-order chi connectivity index (χ0) is 20.3. The van der Waals surface area contributed by atoms with Gasteiger partial charge in [0.15, 0.2) is 0 Å². The molecule has 0 bridgehead atoms. The highest BCUT2D eigenvalue weighted by molar-refractivity contribution is 7.10. The Hall–Kier alpha value is -2.47. The number of carbonyl (C=O) groups excluding carboxylic acids is 1. The van der Waals surface area contributed by atoms with E-state index in [9.17, 15) is 9.90 Å². The predicted octanol–water partition coefficient (Wildman–Crippen LogP) is 4.24. The van der Waals surface area contributed by atoms with Gasteiger partial charge in [-0.25, -0.2) is 0 Å². The average molecular weight is 407 g/mol. The van der Waals surface area contributed by atoms with Crippen molar-refractivity contribution >= 4 is 17.2 Å². The molecule has 0 unspecified atom stereocenters. The fourth-order valence-electron chi connectivity index (χ4n) is 4.06. The third-order valence-electron chi connectivity index (χ3n) is 5.67. The van der Waals surface area contributed by atoms with Crippen LogP contribution in [0.15, 0.2) is 78.2 Å². The minimum absolute atomic E-state index is 0.0911. The second kappa shape index (κ2) is 8.49. The maximum Gasteiger partial charge on any atom is 0.251 e. The van der Waals surface area contributed by atoms with Crippen molar-refractivity contribution in [2.75, 3.05) is 6.54 Å². The maximum absolute atomic E-state index is 12.9. The molecule has 1 saturated heterocycles. The molecule has 1 aliphatic heterocycles. The highest BCUT2D eigenvalue weighted by Gasteiger charge is 2.46. The van der Waals surface area contributed by atoms with Gasteiger partial charge < -0.3 is 10.4 Å². The fourth-order valence-corrected chi connectivity index (χ4v) is 4.96. The minimum Gasteiger partial charge on any atom is -0.388 e. The van der Waals surface area contributed by atoms with E-state index >= 15 is 0 Å². The topological polar surface area (TPSA) is 52.6 Å². The van der Waals surface area contributed by atoms with Crippen LogP contribution in [-0.4, -0.2) is 34.1 Å². The minimum atomic E-state index is -0.994. The first-order valence-electron chi connectivity index (χ1n) is 9.94. The molecule has 29 heavy (non-hydrogen) atoms. The third kappa shape index (κ3) is 4.42. The van der Waals surface area contributed by atoms with Crippen molar-refractivity contribution < 1.29 is 9.90 Å². The molecule has 5 heteroatoms. The number of amides is 1. The summed E-state index contributed by atoms with van der Waals surface area (Å²) in [6.45, 7) is 3.38. The van der Waals surface area contributed by atoms with Gasteiger partial charge >= 0.3 is 0 Å². The van der Waals surface area contributed by atoms with E-state index in [0.717, 1.165) is 18.0 Å². The summed E-state index contributed by atoms with van der Waals surface area (Å²) in [5, 5.41) is 16.5. The Morgan fingerprint density at radius 3 is 2.45 bits per heavy atom. The second-order valence-corrected chi connectivity index (χ2v) is 8.82. The summed E-state index contributed by atoms with van der Waals surface area (Å²) in [6.07, 6.45) is 0.599. The SMILES string of the molecule is C[C@@]1(O)CCN(Cc2ccccc2)[C@@H](c2cccs2)[C@@H]1NC(=O)c1ccccc1. The van der Waals surface area contributed by atoms with E-state index in [1.54, 1.807) is 23.5 Å². The standard InChI is InChI=1S/C24H26N2O2S/c1-24(28)14-15-26(17-18-9-4-2-5-10-18)21(20-13-8-16-29-20)22(24)25-23(27)19-11-6-3-7-12-19/h2-13,16,21-22,28H,14-15,17H2,1H3,(H,25,27)/t21-,22-,24+/m0/s1. The first kappa shape index (κ1) is 19.8. The van der Waals surface area contributed by atoms with Crippen molar-refractivity contribution in [3.05, 3.63) is 94.2 Å². The number of piperidine rings is 1. The highest BCUT2D eigenvalue weighted by atomic mass is 32.1. The predicted molar refractivity (Wildman–Crippen MR) is 117 cm³/mol. The lowest BCUT2D eigenvalue weighted by Gasteiger charge is -2.48. The fraction of sp³-hybridized carbons (Fsp3) is 0.292. The molecular weight excluding hydrogens is 380 g/mol. The van der Waals surface area contributed by atoms with Crippen LogP contribution in [0, 0.1) is 0 Å². The first-order valence-corrected chi connectivity index (χ1v) is 10.8. The summed E-state index contributed by atoms with van der Waals surface area (Å²) < 4.78 is 0. The molecule has 3 aromatic rings. The van der Waals surface area contributed by atoms with Crippen LogP contribution in [0.25, 0.3) is 0 Å². The van der Waals surface area contributed by atoms with E-state index in [0.29, 0.717) is 12.0 Å². The molecule has 3 atom stereocenters. The van der Waals surface area contributed by atoms with Gasteiger partial charge in [-0.15, -0.1) is 11.3 Å². The van der Waals surface area contributed by atoms with Gasteiger partial charge in [0.25, 0.3) is 5.91 Å². The first-order chi connectivity index (χ1) is 14.0. The van der Waals surface area contributed by atoms with E-state index in [4.69, 9.17) is 0 Å². The van der Waals surface area contributed by atoms with Gasteiger partial charge in [0, 0.05) is 23.5 Å². The van der Waals surface area contributed by atoms with E-state index in [1.165, 1.54) is 5.56 Å². The quantitative estimate of drug-likeness (QED) is 0.666. The number of thiophene rings is 1. The summed E-state index contributed by atoms with van der Waals surface area (Å²) in [5.74, 6) is -0.154. The lowest BCUT2D eigenvalue weighted by molar-refractivity contribution is -0.0656. The summed E-state index contributed by atoms with van der Waals surface area (Å²) in [7, 11) is 0. The van der Waals surface area contributed by atoms with Crippen LogP contribution in [0.4, 0.5) is 0 Å². The number of likely N-dealkylation sites (tertiary alicyclic amines) is 1. The molecule has 2 heterocycles. The smallest absolute Gasteiger partial charge is 0.251 e. The molecule has 1 fully saturated rings. The molecule has 4 nitrogen and oxygen atoms in total. The average Bonchev–Trinajstić information content (AvgIpc) is 3.26. The van der Waals surface area contributed by atoms with Crippen LogP contribution in [0.2, 0.25) is 0 Å². The molecule has 0 radical (unpaired) electrons. The zero-order valence-corrected chi connectivity index (χ0v) is 17.3. The third-order valence-corrected chi connectivity index (χ3v) is 6.61. The number of nitrogens with zero attached hydrogens (tertiary/aromatic N) is 1. The monoisotopic (exact) mass is 406 g/mol. The van der Waals surface area contributed by atoms with Gasteiger partial charge in [0.2, 0.25) is 0 Å². The Labute approximate surface area is 175 Å². The summed E-state index contributed by atoms with van der Waals surface area (Å²) in [5.41, 5.74) is 0.837. The van der Waals surface area contributed by atoms with Gasteiger partial charge in [-0.3, -0.25) is 9.69 Å². The van der Waals surface area contributed by atoms with Gasteiger partial charge in [0.1, 0.15) is 0 Å². The number of carbonyl (C=O) groups is 1. The molecule has 1 aliphatic rings. The van der Waals surface area contributed by atoms with Crippen LogP contribution in [-0.2, 0) is 6.54 Å². The molecule has 0 saturated carbocycles. The lowest BCUT2D eigenvalue weighted by atomic mass is 9.81. The molecular formula is C24H26N2O2S. The molecule has 150 valence electrons. The van der Waals surface area contributed by atoms with Crippen LogP contribution in [0.5, 0.6) is 0 Å². The molecule has 0 spiro atoms. The summed E-state index contributed by atoms with van der Waals surface area (Å²) >= 11 is 1.67. The summed E-state index contributed by atoms with van der Waals surface area (Å²) in [6, 6.07) is 23.2. The second-order valence-electron chi connectivity index (χ2n) is 7.84. The Kier molecular flexibility index (Phi) is 5.81. The van der Waals surface area contributed by atoms with E-state index in [1.807, 2.05) is 49.4 Å². The van der Waals surface area contributed by atoms with E-state index in [2.05, 4.69) is 33.8 Å². The van der Waals surface area contributed by atoms with E-state index in [-0.39, 0.29) is 11.9 Å². The molecule has 1 amide bonds. The molecule has 1 aromatic heterocycles. The zero-order valence-electron chi connectivity index (χ0n) is 16.5. The van der Waals surface area contributed by atoms with Gasteiger partial charge in [-0.05, 0) is 42.5 Å². The number of benzene rings is 2. The Bertz CT molecular complexity index is 926. The van der Waals surface area contributed by atoms with Crippen molar-refractivity contribution in [3.8, 4) is 0 Å². The molecule has 0 aliphatic carbocycles. The largest absolute Gasteiger partial charge is 0.388 e. The summed E-state index contributed by atoms with van der Waals surface area (Å²) in [4.78, 5) is 16.5. The van der Waals surface area contributed by atoms with Crippen LogP contribution in [0.3, 0.4) is 0 Å². The van der Waals surface area contributed by atoms with E-state index < -0.39 is 11.6 Å². The Balaban J connectivity index is 1.66. The number of hydrogen-bond donors (Lipinski definition) is 2. The Morgan fingerprint density at radius 2 is 1.79 bits per heavy atom.